The summed E-state index contributed by atoms with van der Waals surface area (Å²) in [6, 6.07) is -1.23. The van der Waals surface area contributed by atoms with E-state index in [0.717, 1.165) is 64.2 Å². The lowest BCUT2D eigenvalue weighted by molar-refractivity contribution is -0.130. The highest BCUT2D eigenvalue weighted by molar-refractivity contribution is 7.85. The fraction of sp³-hybridized carbons (Fsp3) is 0.811. The Bertz CT molecular complexity index is 870. The lowest BCUT2D eigenvalue weighted by atomic mass is 10.0. The Morgan fingerprint density at radius 2 is 1.04 bits per heavy atom. The van der Waals surface area contributed by atoms with Crippen molar-refractivity contribution >= 4 is 16.0 Å². The van der Waals surface area contributed by atoms with Gasteiger partial charge < -0.3 is 15.5 Å². The van der Waals surface area contributed by atoms with Crippen molar-refractivity contribution in [3.05, 3.63) is 36.5 Å². The van der Waals surface area contributed by atoms with Gasteiger partial charge in [-0.1, -0.05) is 153 Å². The number of carbonyl (C=O) groups is 1. The molecule has 3 atom stereocenters. The molecule has 264 valence electrons. The minimum atomic E-state index is -4.44. The van der Waals surface area contributed by atoms with Crippen LogP contribution in [0.2, 0.25) is 0 Å². The molecule has 7 nitrogen and oxygen atoms in total. The molecular weight excluding hydrogens is 586 g/mol. The topological polar surface area (TPSA) is 124 Å². The molecule has 0 fully saturated rings. The highest BCUT2D eigenvalue weighted by atomic mass is 32.2. The molecule has 0 saturated carbocycles. The number of hydrogen-bond donors (Lipinski definition) is 4. The summed E-state index contributed by atoms with van der Waals surface area (Å²) in [6.07, 6.45) is 36.2. The van der Waals surface area contributed by atoms with Gasteiger partial charge in [0.1, 0.15) is 6.10 Å². The van der Waals surface area contributed by atoms with Crippen LogP contribution >= 0.6 is 0 Å². The minimum absolute atomic E-state index is 0.268. The molecule has 3 unspecified atom stereocenters. The van der Waals surface area contributed by atoms with Crippen LogP contribution in [0.3, 0.4) is 0 Å². The van der Waals surface area contributed by atoms with Crippen LogP contribution < -0.4 is 5.32 Å². The number of nitrogens with one attached hydrogen (secondary N) is 1. The second kappa shape index (κ2) is 31.1. The lowest BCUT2D eigenvalue weighted by Gasteiger charge is -2.22. The molecule has 0 saturated heterocycles. The third kappa shape index (κ3) is 30.9. The summed E-state index contributed by atoms with van der Waals surface area (Å²) in [5.74, 6) is -1.55. The number of allylic oxidation sites excluding steroid dienone is 5. The number of carbonyl (C=O) groups excluding carboxylic acids is 1. The molecular formula is C37H69NO6S. The number of aliphatic hydroxyl groups is 2. The Labute approximate surface area is 277 Å². The van der Waals surface area contributed by atoms with Gasteiger partial charge in [-0.2, -0.15) is 8.42 Å². The van der Waals surface area contributed by atoms with Crippen LogP contribution in [0.4, 0.5) is 0 Å². The van der Waals surface area contributed by atoms with E-state index >= 15 is 0 Å². The van der Waals surface area contributed by atoms with Gasteiger partial charge in [-0.3, -0.25) is 9.35 Å². The molecule has 8 heteroatoms. The van der Waals surface area contributed by atoms with Gasteiger partial charge in [0, 0.05) is 0 Å². The Kier molecular flexibility index (Phi) is 30.1. The first-order chi connectivity index (χ1) is 21.7. The van der Waals surface area contributed by atoms with E-state index in [4.69, 9.17) is 0 Å². The van der Waals surface area contributed by atoms with E-state index in [1.807, 2.05) is 0 Å². The van der Waals surface area contributed by atoms with Gasteiger partial charge in [-0.05, 0) is 51.4 Å². The Balaban J connectivity index is 4.14. The van der Waals surface area contributed by atoms with Crippen LogP contribution in [-0.4, -0.2) is 53.1 Å². The fourth-order valence-electron chi connectivity index (χ4n) is 5.31. The van der Waals surface area contributed by atoms with Gasteiger partial charge in [0.05, 0.1) is 17.9 Å². The van der Waals surface area contributed by atoms with E-state index in [1.54, 1.807) is 6.08 Å². The maximum atomic E-state index is 12.5. The van der Waals surface area contributed by atoms with Crippen molar-refractivity contribution in [3.8, 4) is 0 Å². The Morgan fingerprint density at radius 1 is 0.622 bits per heavy atom. The van der Waals surface area contributed by atoms with Crippen molar-refractivity contribution in [1.29, 1.82) is 0 Å². The second-order valence-corrected chi connectivity index (χ2v) is 14.1. The zero-order valence-electron chi connectivity index (χ0n) is 28.8. The molecule has 0 spiro atoms. The lowest BCUT2D eigenvalue weighted by Crippen LogP contribution is -2.50. The first-order valence-corrected chi connectivity index (χ1v) is 19.9. The first kappa shape index (κ1) is 43.5. The molecule has 4 N–H and O–H groups in total. The largest absolute Gasteiger partial charge is 0.387 e. The van der Waals surface area contributed by atoms with E-state index in [9.17, 15) is 28.0 Å². The highest BCUT2D eigenvalue weighted by Gasteiger charge is 2.27. The number of unbranched alkanes of at least 4 members (excludes halogenated alkanes) is 19. The van der Waals surface area contributed by atoms with Crippen LogP contribution in [-0.2, 0) is 14.9 Å². The summed E-state index contributed by atoms with van der Waals surface area (Å²) in [5.41, 5.74) is 0. The predicted octanol–water partition coefficient (Wildman–Crippen LogP) is 9.15. The molecule has 0 aromatic carbocycles. The van der Waals surface area contributed by atoms with Gasteiger partial charge in [0.25, 0.3) is 10.1 Å². The van der Waals surface area contributed by atoms with Crippen LogP contribution in [0, 0.1) is 0 Å². The van der Waals surface area contributed by atoms with E-state index in [-0.39, 0.29) is 6.42 Å². The van der Waals surface area contributed by atoms with Gasteiger partial charge in [0.15, 0.2) is 0 Å². The number of rotatable bonds is 32. The number of hydrogen-bond acceptors (Lipinski definition) is 5. The smallest absolute Gasteiger partial charge is 0.267 e. The van der Waals surface area contributed by atoms with Gasteiger partial charge in [0.2, 0.25) is 5.91 Å². The van der Waals surface area contributed by atoms with Crippen molar-refractivity contribution in [3.63, 3.8) is 0 Å². The average Bonchev–Trinajstić information content (AvgIpc) is 3.00. The van der Waals surface area contributed by atoms with Crippen molar-refractivity contribution < 1.29 is 28.0 Å². The van der Waals surface area contributed by atoms with Crippen LogP contribution in [0.5, 0.6) is 0 Å². The molecule has 0 aliphatic heterocycles. The van der Waals surface area contributed by atoms with Crippen molar-refractivity contribution in [2.75, 3.05) is 5.75 Å². The molecule has 0 aliphatic rings. The normalized spacial score (nSPS) is 14.5. The van der Waals surface area contributed by atoms with Crippen LogP contribution in [0.25, 0.3) is 0 Å². The van der Waals surface area contributed by atoms with Crippen LogP contribution in [0.15, 0.2) is 36.5 Å². The van der Waals surface area contributed by atoms with Gasteiger partial charge in [-0.25, -0.2) is 0 Å². The second-order valence-electron chi connectivity index (χ2n) is 12.6. The molecule has 0 bridgehead atoms. The Morgan fingerprint density at radius 3 is 1.56 bits per heavy atom. The molecule has 0 heterocycles. The molecule has 1 amide bonds. The number of amides is 1. The molecule has 0 aromatic heterocycles. The summed E-state index contributed by atoms with van der Waals surface area (Å²) in [4.78, 5) is 12.5. The first-order valence-electron chi connectivity index (χ1n) is 18.3. The maximum Gasteiger partial charge on any atom is 0.267 e. The molecule has 45 heavy (non-hydrogen) atoms. The van der Waals surface area contributed by atoms with E-state index < -0.39 is 40.0 Å². The minimum Gasteiger partial charge on any atom is -0.387 e. The van der Waals surface area contributed by atoms with Crippen molar-refractivity contribution in [2.24, 2.45) is 0 Å². The summed E-state index contributed by atoms with van der Waals surface area (Å²) in [6.45, 7) is 4.45. The standard InChI is InChI=1S/C37H69NO6S/c1-3-5-7-9-11-13-15-17-18-19-20-22-24-26-28-30-32-36(40)37(41)38-34(33-45(42,43)44)35(39)31-29-27-25-23-21-16-14-12-10-8-6-4-2/h11,13,17-18,29,31,34-36,39-40H,3-10,12,14-16,19-28,30,32-33H2,1-2H3,(H,38,41)(H,42,43,44)/b13-11-,18-17-,31-29+. The Hall–Kier alpha value is -1.48. The summed E-state index contributed by atoms with van der Waals surface area (Å²) in [7, 11) is -4.44. The monoisotopic (exact) mass is 655 g/mol. The predicted molar refractivity (Wildman–Crippen MR) is 190 cm³/mol. The third-order valence-corrected chi connectivity index (χ3v) is 8.95. The van der Waals surface area contributed by atoms with E-state index in [2.05, 4.69) is 43.5 Å². The molecule has 0 aliphatic carbocycles. The van der Waals surface area contributed by atoms with E-state index in [1.165, 1.54) is 83.1 Å². The molecule has 0 rings (SSSR count). The maximum absolute atomic E-state index is 12.5. The molecule has 0 aromatic rings. The fourth-order valence-corrected chi connectivity index (χ4v) is 6.04. The average molecular weight is 656 g/mol. The number of aliphatic hydroxyl groups excluding tert-OH is 2. The third-order valence-electron chi connectivity index (χ3n) is 8.17. The van der Waals surface area contributed by atoms with E-state index in [0.29, 0.717) is 6.42 Å². The SMILES string of the molecule is CCCCC/C=C\C/C=C\CCCCCCCCC(O)C(=O)NC(CS(=O)(=O)O)C(O)/C=C/CCCCCCCCCCCC. The van der Waals surface area contributed by atoms with Crippen molar-refractivity contribution in [1.82, 2.24) is 5.32 Å². The summed E-state index contributed by atoms with van der Waals surface area (Å²) in [5, 5.41) is 23.3. The van der Waals surface area contributed by atoms with Crippen molar-refractivity contribution in [2.45, 2.75) is 186 Å². The zero-order valence-corrected chi connectivity index (χ0v) is 29.7. The summed E-state index contributed by atoms with van der Waals surface area (Å²) >= 11 is 0. The van der Waals surface area contributed by atoms with Gasteiger partial charge in [-0.15, -0.1) is 0 Å². The van der Waals surface area contributed by atoms with Gasteiger partial charge >= 0.3 is 0 Å². The zero-order chi connectivity index (χ0) is 33.4. The quantitative estimate of drug-likeness (QED) is 0.0326. The molecule has 0 radical (unpaired) electrons. The summed E-state index contributed by atoms with van der Waals surface area (Å²) < 4.78 is 32.4. The van der Waals surface area contributed by atoms with Crippen LogP contribution in [0.1, 0.15) is 168 Å². The highest BCUT2D eigenvalue weighted by Crippen LogP contribution is 2.13.